The van der Waals surface area contributed by atoms with Crippen molar-refractivity contribution in [2.24, 2.45) is 11.8 Å². The van der Waals surface area contributed by atoms with Crippen molar-refractivity contribution in [2.45, 2.75) is 31.7 Å². The number of nitrogens with one attached hydrogen (secondary N) is 1. The molecule has 0 radical (unpaired) electrons. The highest BCUT2D eigenvalue weighted by Crippen LogP contribution is 2.46. The van der Waals surface area contributed by atoms with E-state index in [4.69, 9.17) is 11.6 Å². The summed E-state index contributed by atoms with van der Waals surface area (Å²) in [6, 6.07) is 0.678. The molecule has 2 nitrogen and oxygen atoms in total. The van der Waals surface area contributed by atoms with Gasteiger partial charge in [-0.2, -0.15) is 0 Å². The number of halogens is 1. The van der Waals surface area contributed by atoms with Crippen molar-refractivity contribution in [1.82, 2.24) is 4.98 Å². The van der Waals surface area contributed by atoms with Crippen molar-refractivity contribution < 1.29 is 0 Å². The monoisotopic (exact) mass is 228 g/mol. The molecule has 0 amide bonds. The molecular weight excluding hydrogens is 216 g/mol. The second-order valence-electron chi connectivity index (χ2n) is 4.32. The summed E-state index contributed by atoms with van der Waals surface area (Å²) in [4.78, 5) is 4.24. The van der Waals surface area contributed by atoms with Gasteiger partial charge in [0.05, 0.1) is 0 Å². The van der Waals surface area contributed by atoms with Gasteiger partial charge in [0.25, 0.3) is 0 Å². The predicted octanol–water partition coefficient (Wildman–Crippen LogP) is 3.40. The van der Waals surface area contributed by atoms with Crippen LogP contribution < -0.4 is 5.32 Å². The topological polar surface area (TPSA) is 24.9 Å². The molecule has 0 aliphatic heterocycles. The Labute approximate surface area is 92.7 Å². The van der Waals surface area contributed by atoms with E-state index < -0.39 is 0 Å². The lowest BCUT2D eigenvalue weighted by Crippen LogP contribution is -2.23. The SMILES string of the molecule is Clc1csc(NC(C2CC2)C2CC2)n1. The number of hydrogen-bond acceptors (Lipinski definition) is 3. The Morgan fingerprint density at radius 1 is 1.36 bits per heavy atom. The fourth-order valence-corrected chi connectivity index (χ4v) is 2.88. The van der Waals surface area contributed by atoms with E-state index in [1.807, 2.05) is 5.38 Å². The highest BCUT2D eigenvalue weighted by Gasteiger charge is 2.41. The average Bonchev–Trinajstić information content (AvgIpc) is 3.04. The Bertz CT molecular complexity index is 319. The molecule has 1 aromatic rings. The van der Waals surface area contributed by atoms with E-state index in [0.29, 0.717) is 11.2 Å². The van der Waals surface area contributed by atoms with E-state index in [9.17, 15) is 0 Å². The van der Waals surface area contributed by atoms with Crippen molar-refractivity contribution in [3.8, 4) is 0 Å². The van der Waals surface area contributed by atoms with Gasteiger partial charge in [0.15, 0.2) is 5.13 Å². The van der Waals surface area contributed by atoms with Gasteiger partial charge in [-0.05, 0) is 37.5 Å². The van der Waals surface area contributed by atoms with Crippen molar-refractivity contribution in [1.29, 1.82) is 0 Å². The number of nitrogens with zero attached hydrogens (tertiary/aromatic N) is 1. The van der Waals surface area contributed by atoms with Crippen molar-refractivity contribution >= 4 is 28.1 Å². The van der Waals surface area contributed by atoms with Gasteiger partial charge in [0, 0.05) is 11.4 Å². The Balaban J connectivity index is 1.68. The summed E-state index contributed by atoms with van der Waals surface area (Å²) in [6.07, 6.45) is 5.58. The van der Waals surface area contributed by atoms with Crippen LogP contribution in [0.3, 0.4) is 0 Å². The molecule has 1 aromatic heterocycles. The highest BCUT2D eigenvalue weighted by atomic mass is 35.5. The maximum absolute atomic E-state index is 5.79. The maximum atomic E-state index is 5.79. The molecule has 2 aliphatic rings. The van der Waals surface area contributed by atoms with Gasteiger partial charge in [-0.1, -0.05) is 11.6 Å². The molecule has 0 unspecified atom stereocenters. The number of thiazole rings is 1. The van der Waals surface area contributed by atoms with Crippen LogP contribution in [-0.2, 0) is 0 Å². The fourth-order valence-electron chi connectivity index (χ4n) is 1.99. The fraction of sp³-hybridized carbons (Fsp3) is 0.700. The minimum atomic E-state index is 0.614. The van der Waals surface area contributed by atoms with Gasteiger partial charge in [-0.25, -0.2) is 4.98 Å². The van der Waals surface area contributed by atoms with Crippen LogP contribution in [0.25, 0.3) is 0 Å². The van der Waals surface area contributed by atoms with Crippen LogP contribution in [0, 0.1) is 11.8 Å². The van der Waals surface area contributed by atoms with Crippen LogP contribution in [0.4, 0.5) is 5.13 Å². The van der Waals surface area contributed by atoms with E-state index in [-0.39, 0.29) is 0 Å². The van der Waals surface area contributed by atoms with Gasteiger partial charge < -0.3 is 5.32 Å². The lowest BCUT2D eigenvalue weighted by Gasteiger charge is -2.16. The Hall–Kier alpha value is -0.280. The molecule has 0 aromatic carbocycles. The van der Waals surface area contributed by atoms with E-state index in [1.54, 1.807) is 11.3 Å². The molecule has 1 heterocycles. The van der Waals surface area contributed by atoms with Gasteiger partial charge in [-0.3, -0.25) is 0 Å². The van der Waals surface area contributed by atoms with Crippen LogP contribution in [0.15, 0.2) is 5.38 Å². The second-order valence-corrected chi connectivity index (χ2v) is 5.57. The first-order valence-electron chi connectivity index (χ1n) is 5.20. The maximum Gasteiger partial charge on any atom is 0.184 e. The summed E-state index contributed by atoms with van der Waals surface area (Å²) >= 11 is 7.41. The quantitative estimate of drug-likeness (QED) is 0.855. The molecule has 1 N–H and O–H groups in total. The molecule has 0 atom stereocenters. The third kappa shape index (κ3) is 1.89. The van der Waals surface area contributed by atoms with E-state index in [1.165, 1.54) is 25.7 Å². The number of anilines is 1. The van der Waals surface area contributed by atoms with Crippen molar-refractivity contribution in [3.05, 3.63) is 10.5 Å². The molecule has 3 rings (SSSR count). The standard InChI is InChI=1S/C10H13ClN2S/c11-8-5-14-10(12-8)13-9(6-1-2-6)7-3-4-7/h5-7,9H,1-4H2,(H,12,13). The van der Waals surface area contributed by atoms with Crippen LogP contribution in [0.5, 0.6) is 0 Å². The smallest absolute Gasteiger partial charge is 0.184 e. The van der Waals surface area contributed by atoms with Gasteiger partial charge in [0.2, 0.25) is 0 Å². The Morgan fingerprint density at radius 3 is 2.43 bits per heavy atom. The minimum absolute atomic E-state index is 0.614. The number of aromatic nitrogens is 1. The summed E-state index contributed by atoms with van der Waals surface area (Å²) < 4.78 is 0. The molecule has 0 saturated heterocycles. The van der Waals surface area contributed by atoms with Gasteiger partial charge in [-0.15, -0.1) is 11.3 Å². The van der Waals surface area contributed by atoms with Crippen LogP contribution >= 0.6 is 22.9 Å². The third-order valence-corrected chi connectivity index (χ3v) is 4.12. The summed E-state index contributed by atoms with van der Waals surface area (Å²) in [7, 11) is 0. The minimum Gasteiger partial charge on any atom is -0.358 e. The Kier molecular flexibility index (Phi) is 2.17. The lowest BCUT2D eigenvalue weighted by molar-refractivity contribution is 0.567. The average molecular weight is 229 g/mol. The normalized spacial score (nSPS) is 21.6. The van der Waals surface area contributed by atoms with E-state index in [0.717, 1.165) is 17.0 Å². The third-order valence-electron chi connectivity index (χ3n) is 3.03. The van der Waals surface area contributed by atoms with Gasteiger partial charge >= 0.3 is 0 Å². The molecule has 2 fully saturated rings. The molecule has 4 heteroatoms. The van der Waals surface area contributed by atoms with E-state index in [2.05, 4.69) is 10.3 Å². The molecule has 2 saturated carbocycles. The number of rotatable bonds is 4. The molecule has 76 valence electrons. The number of hydrogen-bond donors (Lipinski definition) is 1. The van der Waals surface area contributed by atoms with Gasteiger partial charge in [0.1, 0.15) is 5.15 Å². The first kappa shape index (κ1) is 8.98. The largest absolute Gasteiger partial charge is 0.358 e. The lowest BCUT2D eigenvalue weighted by atomic mass is 10.1. The van der Waals surface area contributed by atoms with Crippen molar-refractivity contribution in [2.75, 3.05) is 5.32 Å². The zero-order valence-electron chi connectivity index (χ0n) is 7.87. The molecule has 0 spiro atoms. The first-order chi connectivity index (χ1) is 6.83. The zero-order valence-corrected chi connectivity index (χ0v) is 9.44. The molecule has 2 aliphatic carbocycles. The summed E-state index contributed by atoms with van der Waals surface area (Å²) in [5.41, 5.74) is 0. The van der Waals surface area contributed by atoms with E-state index >= 15 is 0 Å². The van der Waals surface area contributed by atoms with Crippen LogP contribution in [-0.4, -0.2) is 11.0 Å². The van der Waals surface area contributed by atoms with Crippen LogP contribution in [0.2, 0.25) is 5.15 Å². The highest BCUT2D eigenvalue weighted by molar-refractivity contribution is 7.14. The summed E-state index contributed by atoms with van der Waals surface area (Å²) in [5, 5.41) is 7.05. The predicted molar refractivity (Wildman–Crippen MR) is 60.0 cm³/mol. The first-order valence-corrected chi connectivity index (χ1v) is 6.46. The zero-order chi connectivity index (χ0) is 9.54. The summed E-state index contributed by atoms with van der Waals surface area (Å²) in [5.74, 6) is 1.82. The van der Waals surface area contributed by atoms with Crippen molar-refractivity contribution in [3.63, 3.8) is 0 Å². The summed E-state index contributed by atoms with van der Waals surface area (Å²) in [6.45, 7) is 0. The second kappa shape index (κ2) is 3.38. The molecule has 0 bridgehead atoms. The molecule has 14 heavy (non-hydrogen) atoms. The molecular formula is C10H13ClN2S. The Morgan fingerprint density at radius 2 is 2.00 bits per heavy atom. The van der Waals surface area contributed by atoms with Crippen LogP contribution in [0.1, 0.15) is 25.7 Å².